The molecule has 0 amide bonds. The van der Waals surface area contributed by atoms with Crippen LogP contribution in [0.5, 0.6) is 0 Å². The van der Waals surface area contributed by atoms with Gasteiger partial charge in [0.15, 0.2) is 5.96 Å². The van der Waals surface area contributed by atoms with Crippen molar-refractivity contribution in [2.75, 3.05) is 17.3 Å². The number of nitrogens with one attached hydrogen (secondary N) is 1. The van der Waals surface area contributed by atoms with Gasteiger partial charge in [-0.05, 0) is 80.4 Å². The van der Waals surface area contributed by atoms with Crippen LogP contribution in [0.2, 0.25) is 0 Å². The highest BCUT2D eigenvalue weighted by Crippen LogP contribution is 2.44. The van der Waals surface area contributed by atoms with Gasteiger partial charge in [-0.1, -0.05) is 12.1 Å². The van der Waals surface area contributed by atoms with Crippen LogP contribution in [0.3, 0.4) is 0 Å². The molecule has 0 saturated carbocycles. The Hall–Kier alpha value is -3.50. The molecule has 0 atom stereocenters. The minimum atomic E-state index is -4.53. The first-order valence-electron chi connectivity index (χ1n) is 12.6. The second-order valence-corrected chi connectivity index (χ2v) is 14.1. The van der Waals surface area contributed by atoms with Crippen molar-refractivity contribution in [3.8, 4) is 0 Å². The molecule has 49 heavy (non-hydrogen) atoms. The topological polar surface area (TPSA) is 92.0 Å². The molecule has 2 heterocycles. The third kappa shape index (κ3) is 11.3. The summed E-state index contributed by atoms with van der Waals surface area (Å²) in [6.45, 7) is 0. The quantitative estimate of drug-likeness (QED) is 0.108. The highest BCUT2D eigenvalue weighted by Gasteiger charge is 2.35. The summed E-state index contributed by atoms with van der Waals surface area (Å²) < 4.78 is 152. The lowest BCUT2D eigenvalue weighted by atomic mass is 10.2. The first-order chi connectivity index (χ1) is 22.4. The molecular weight excluding hydrogens is 860 g/mol. The van der Waals surface area contributed by atoms with E-state index in [4.69, 9.17) is 11.5 Å². The fourth-order valence-electron chi connectivity index (χ4n) is 3.45. The second kappa shape index (κ2) is 15.2. The third-order valence-electron chi connectivity index (χ3n) is 5.74. The maximum Gasteiger partial charge on any atom is 0.425 e. The molecule has 0 bridgehead atoms. The molecule has 22 heteroatoms. The van der Waals surface area contributed by atoms with E-state index in [1.54, 1.807) is 0 Å². The smallest absolute Gasteiger partial charge is 0.369 e. The molecule has 0 aliphatic rings. The summed E-state index contributed by atoms with van der Waals surface area (Å²) in [5.41, 5.74) is 9.47. The predicted molar refractivity (Wildman–Crippen MR) is 172 cm³/mol. The fourth-order valence-corrected chi connectivity index (χ4v) is 6.28. The number of hydrogen-bond acceptors (Lipinski definition) is 4. The zero-order valence-electron chi connectivity index (χ0n) is 23.9. The number of guanidine groups is 2. The first-order valence-corrected chi connectivity index (χ1v) is 15.8. The average molecular weight is 878 g/mol. The summed E-state index contributed by atoms with van der Waals surface area (Å²) in [5.74, 6) is -0.604. The van der Waals surface area contributed by atoms with E-state index in [0.717, 1.165) is 41.3 Å². The molecule has 266 valence electrons. The Morgan fingerprint density at radius 2 is 1.10 bits per heavy atom. The molecule has 0 aliphatic heterocycles. The molecule has 0 aliphatic carbocycles. The number of nitrogens with two attached hydrogens (primary N) is 2. The third-order valence-corrected chi connectivity index (χ3v) is 9.44. The van der Waals surface area contributed by atoms with E-state index in [2.05, 4.69) is 47.2 Å². The van der Waals surface area contributed by atoms with E-state index < -0.39 is 45.6 Å². The number of hydrogen-bond donors (Lipinski definition) is 3. The normalized spacial score (nSPS) is 13.2. The highest BCUT2D eigenvalue weighted by molar-refractivity contribution is 9.11. The summed E-state index contributed by atoms with van der Waals surface area (Å²) in [5, 5.41) is 2.41. The van der Waals surface area contributed by atoms with Gasteiger partial charge in [0.2, 0.25) is 5.96 Å². The number of rotatable bonds is 4. The van der Waals surface area contributed by atoms with Crippen molar-refractivity contribution in [3.05, 3.63) is 89.1 Å². The molecule has 0 radical (unpaired) electrons. The molecule has 4 aromatic rings. The minimum Gasteiger partial charge on any atom is -0.369 e. The zero-order chi connectivity index (χ0) is 37.1. The lowest BCUT2D eigenvalue weighted by molar-refractivity contribution is -0.138. The van der Waals surface area contributed by atoms with E-state index in [9.17, 15) is 52.7 Å². The highest BCUT2D eigenvalue weighted by atomic mass is 79.9. The summed E-state index contributed by atoms with van der Waals surface area (Å²) >= 11 is 6.78. The largest absolute Gasteiger partial charge is 0.425 e. The number of anilines is 2. The van der Waals surface area contributed by atoms with Crippen molar-refractivity contribution < 1.29 is 52.7 Å². The SMILES string of the molecule is CN(C(N)=Nc1cc(C(F)(F)F)sc1Br)c1cccc(C(F)(F)F)c1.NC(=Nc1cc(C(F)(F)F)sc1Br)Nc1cccc(C(F)(F)F)c1. The molecule has 5 N–H and O–H groups in total. The van der Waals surface area contributed by atoms with E-state index in [1.807, 2.05) is 0 Å². The lowest BCUT2D eigenvalue weighted by Gasteiger charge is -2.19. The molecule has 0 unspecified atom stereocenters. The van der Waals surface area contributed by atoms with Gasteiger partial charge in [0, 0.05) is 18.4 Å². The number of thiophene rings is 2. The van der Waals surface area contributed by atoms with Crippen LogP contribution in [-0.2, 0) is 24.7 Å². The number of benzene rings is 2. The Balaban J connectivity index is 0.000000266. The summed E-state index contributed by atoms with van der Waals surface area (Å²) in [6, 6.07) is 10.1. The van der Waals surface area contributed by atoms with Crippen molar-refractivity contribution in [2.24, 2.45) is 21.5 Å². The van der Waals surface area contributed by atoms with Crippen LogP contribution >= 0.6 is 54.5 Å². The molecule has 0 fully saturated rings. The van der Waals surface area contributed by atoms with Gasteiger partial charge in [0.25, 0.3) is 0 Å². The number of alkyl halides is 12. The van der Waals surface area contributed by atoms with Gasteiger partial charge < -0.3 is 21.7 Å². The first kappa shape index (κ1) is 39.9. The monoisotopic (exact) mass is 876 g/mol. The lowest BCUT2D eigenvalue weighted by Crippen LogP contribution is -2.33. The molecule has 0 saturated heterocycles. The molecule has 4 rings (SSSR count). The number of halogens is 14. The molecule has 2 aromatic carbocycles. The molecule has 2 aromatic heterocycles. The van der Waals surface area contributed by atoms with Gasteiger partial charge in [-0.15, -0.1) is 22.7 Å². The van der Waals surface area contributed by atoms with E-state index in [-0.39, 0.29) is 42.2 Å². The van der Waals surface area contributed by atoms with Crippen LogP contribution in [-0.4, -0.2) is 19.0 Å². The van der Waals surface area contributed by atoms with E-state index >= 15 is 0 Å². The Kier molecular flexibility index (Phi) is 12.4. The van der Waals surface area contributed by atoms with E-state index in [1.165, 1.54) is 31.3 Å². The van der Waals surface area contributed by atoms with Crippen LogP contribution in [0.4, 0.5) is 75.4 Å². The van der Waals surface area contributed by atoms with Crippen molar-refractivity contribution >= 4 is 89.2 Å². The zero-order valence-corrected chi connectivity index (χ0v) is 28.7. The van der Waals surface area contributed by atoms with Crippen LogP contribution in [0, 0.1) is 0 Å². The summed E-state index contributed by atoms with van der Waals surface area (Å²) in [7, 11) is 1.36. The Bertz CT molecular complexity index is 1830. The molecule has 6 nitrogen and oxygen atoms in total. The summed E-state index contributed by atoms with van der Waals surface area (Å²) in [4.78, 5) is 7.01. The summed E-state index contributed by atoms with van der Waals surface area (Å²) in [6.07, 6.45) is -18.1. The van der Waals surface area contributed by atoms with Gasteiger partial charge >= 0.3 is 24.7 Å². The van der Waals surface area contributed by atoms with Crippen molar-refractivity contribution in [2.45, 2.75) is 24.7 Å². The Morgan fingerprint density at radius 1 is 0.653 bits per heavy atom. The van der Waals surface area contributed by atoms with Gasteiger partial charge in [0.05, 0.1) is 30.1 Å². The Labute approximate surface area is 293 Å². The van der Waals surface area contributed by atoms with Gasteiger partial charge in [-0.25, -0.2) is 9.98 Å². The van der Waals surface area contributed by atoms with Crippen LogP contribution in [0.15, 0.2) is 78.2 Å². The van der Waals surface area contributed by atoms with Gasteiger partial charge in [-0.2, -0.15) is 52.7 Å². The number of aliphatic imine (C=N–C) groups is 2. The van der Waals surface area contributed by atoms with Crippen molar-refractivity contribution in [3.63, 3.8) is 0 Å². The average Bonchev–Trinajstić information content (AvgIpc) is 3.54. The van der Waals surface area contributed by atoms with Gasteiger partial charge in [-0.3, -0.25) is 0 Å². The van der Waals surface area contributed by atoms with Crippen LogP contribution in [0.25, 0.3) is 0 Å². The Morgan fingerprint density at radius 3 is 1.55 bits per heavy atom. The van der Waals surface area contributed by atoms with Gasteiger partial charge in [0.1, 0.15) is 9.75 Å². The fraction of sp³-hybridized carbons (Fsp3) is 0.185. The van der Waals surface area contributed by atoms with Crippen molar-refractivity contribution in [1.29, 1.82) is 0 Å². The second-order valence-electron chi connectivity index (χ2n) is 9.31. The minimum absolute atomic E-state index is 0.00784. The molecule has 0 spiro atoms. The van der Waals surface area contributed by atoms with E-state index in [0.29, 0.717) is 22.7 Å². The maximum absolute atomic E-state index is 12.8. The number of nitrogens with zero attached hydrogens (tertiary/aromatic N) is 3. The van der Waals surface area contributed by atoms with Crippen molar-refractivity contribution in [1.82, 2.24) is 0 Å². The standard InChI is InChI=1S/C14H10BrF6N3S.C13H8BrF6N3S/c1-24(8-4-2-3-7(5-8)13(16,17)18)12(22)23-9-6-10(14(19,20)21)25-11(9)15;14-10-8(5-9(24-10)13(18,19)20)23-11(21)22-7-3-1-2-6(4-7)12(15,16)17/h2-6H,1H3,(H2,22,23);1-5H,(H3,21,22,23). The van der Waals surface area contributed by atoms with Crippen LogP contribution < -0.4 is 21.7 Å². The maximum atomic E-state index is 12.8. The molecular formula is C27H18Br2F12N6S2. The van der Waals surface area contributed by atoms with Crippen LogP contribution in [0.1, 0.15) is 20.9 Å². The predicted octanol–water partition coefficient (Wildman–Crippen LogP) is 11.2.